The molecule has 2 aromatic carbocycles. The molecule has 0 aromatic heterocycles. The third kappa shape index (κ3) is 4.45. The number of allylic oxidation sites excluding steroid dienone is 4. The first kappa shape index (κ1) is 25.0. The highest BCUT2D eigenvalue weighted by atomic mass is 79.9. The average Bonchev–Trinajstić information content (AvgIpc) is 2.85. The topological polar surface area (TPSA) is 83.9 Å². The van der Waals surface area contributed by atoms with Gasteiger partial charge in [-0.25, -0.2) is 4.79 Å². The molecule has 0 bridgehead atoms. The van der Waals surface area contributed by atoms with Gasteiger partial charge >= 0.3 is 5.97 Å². The SMILES string of the molecule is CN1C2=C(C(=O)CCC2)C(c2cc(Br)c(OCc3ccc(C(=O)O)cc3)c(Br)c2)C2=C1CCCC2=O. The van der Waals surface area contributed by atoms with Gasteiger partial charge in [0.1, 0.15) is 12.4 Å². The van der Waals surface area contributed by atoms with Crippen LogP contribution in [0, 0.1) is 0 Å². The number of ketones is 2. The molecule has 8 heteroatoms. The van der Waals surface area contributed by atoms with Crippen molar-refractivity contribution in [1.82, 2.24) is 4.90 Å². The summed E-state index contributed by atoms with van der Waals surface area (Å²) in [5.41, 5.74) is 5.53. The van der Waals surface area contributed by atoms with E-state index in [2.05, 4.69) is 36.8 Å². The molecule has 2 aliphatic carbocycles. The molecule has 0 amide bonds. The molecule has 0 atom stereocenters. The van der Waals surface area contributed by atoms with Gasteiger partial charge in [-0.2, -0.15) is 0 Å². The number of benzene rings is 2. The Morgan fingerprint density at radius 1 is 0.944 bits per heavy atom. The number of ether oxygens (including phenoxy) is 1. The fraction of sp³-hybridized carbons (Fsp3) is 0.321. The van der Waals surface area contributed by atoms with Crippen LogP contribution in [0.1, 0.15) is 65.9 Å². The molecule has 6 nitrogen and oxygen atoms in total. The molecule has 186 valence electrons. The van der Waals surface area contributed by atoms with Crippen molar-refractivity contribution in [1.29, 1.82) is 0 Å². The van der Waals surface area contributed by atoms with Crippen LogP contribution in [0.25, 0.3) is 0 Å². The third-order valence-corrected chi connectivity index (χ3v) is 8.36. The lowest BCUT2D eigenvalue weighted by molar-refractivity contribution is -0.117. The Bertz CT molecular complexity index is 1280. The number of carboxylic acids is 1. The second-order valence-electron chi connectivity index (χ2n) is 9.37. The van der Waals surface area contributed by atoms with Crippen molar-refractivity contribution >= 4 is 49.4 Å². The molecule has 0 fully saturated rings. The molecular weight excluding hydrogens is 590 g/mol. The molecular formula is C28H25Br2NO5. The number of Topliss-reactive ketones (excluding diaryl/α,β-unsaturated/α-hetero) is 2. The first-order valence-corrected chi connectivity index (χ1v) is 13.5. The van der Waals surface area contributed by atoms with Gasteiger partial charge < -0.3 is 14.7 Å². The van der Waals surface area contributed by atoms with Gasteiger partial charge in [-0.3, -0.25) is 9.59 Å². The molecule has 1 N–H and O–H groups in total. The molecule has 1 heterocycles. The Morgan fingerprint density at radius 2 is 1.47 bits per heavy atom. The molecule has 36 heavy (non-hydrogen) atoms. The summed E-state index contributed by atoms with van der Waals surface area (Å²) < 4.78 is 7.49. The second kappa shape index (κ2) is 9.98. The predicted molar refractivity (Wildman–Crippen MR) is 142 cm³/mol. The standard InChI is InChI=1S/C28H25Br2NO5/c1-31-20-4-2-6-22(32)25(20)24(26-21(31)5-3-7-23(26)33)17-12-18(29)27(19(30)13-17)36-14-15-8-10-16(11-9-15)28(34)35/h8-13,24H,2-7,14H2,1H3,(H,34,35). The minimum Gasteiger partial charge on any atom is -0.487 e. The number of rotatable bonds is 5. The van der Waals surface area contributed by atoms with Gasteiger partial charge in [-0.15, -0.1) is 0 Å². The molecule has 0 saturated heterocycles. The van der Waals surface area contributed by atoms with Crippen LogP contribution in [0.3, 0.4) is 0 Å². The van der Waals surface area contributed by atoms with E-state index in [4.69, 9.17) is 9.84 Å². The molecule has 0 spiro atoms. The Labute approximate surface area is 226 Å². The maximum atomic E-state index is 13.2. The van der Waals surface area contributed by atoms with Gasteiger partial charge in [-0.05, 0) is 92.9 Å². The van der Waals surface area contributed by atoms with Crippen LogP contribution < -0.4 is 4.74 Å². The summed E-state index contributed by atoms with van der Waals surface area (Å²) in [6.45, 7) is 0.256. The summed E-state index contributed by atoms with van der Waals surface area (Å²) in [6.07, 6.45) is 4.35. The Morgan fingerprint density at radius 3 is 1.97 bits per heavy atom. The number of carbonyl (C=O) groups is 3. The number of hydrogen-bond acceptors (Lipinski definition) is 5. The van der Waals surface area contributed by atoms with Crippen LogP contribution in [0.4, 0.5) is 0 Å². The van der Waals surface area contributed by atoms with Crippen molar-refractivity contribution in [2.75, 3.05) is 7.05 Å². The quantitative estimate of drug-likeness (QED) is 0.412. The third-order valence-electron chi connectivity index (χ3n) is 7.18. The maximum absolute atomic E-state index is 13.2. The van der Waals surface area contributed by atoms with E-state index < -0.39 is 5.97 Å². The van der Waals surface area contributed by atoms with Gasteiger partial charge in [0.05, 0.1) is 14.5 Å². The zero-order valence-corrected chi connectivity index (χ0v) is 22.9. The van der Waals surface area contributed by atoms with E-state index in [-0.39, 0.29) is 29.7 Å². The first-order chi connectivity index (χ1) is 17.3. The fourth-order valence-corrected chi connectivity index (χ4v) is 6.92. The van der Waals surface area contributed by atoms with Gasteiger partial charge in [0.2, 0.25) is 0 Å². The van der Waals surface area contributed by atoms with Crippen molar-refractivity contribution in [2.45, 2.75) is 51.0 Å². The average molecular weight is 615 g/mol. The summed E-state index contributed by atoms with van der Waals surface area (Å²) in [5.74, 6) is -0.507. The van der Waals surface area contributed by atoms with E-state index in [1.54, 1.807) is 24.3 Å². The number of halogens is 2. The van der Waals surface area contributed by atoms with E-state index >= 15 is 0 Å². The minimum absolute atomic E-state index is 0.121. The highest BCUT2D eigenvalue weighted by Gasteiger charge is 2.42. The smallest absolute Gasteiger partial charge is 0.335 e. The number of carboxylic acid groups (broad SMARTS) is 1. The number of nitrogens with zero attached hydrogens (tertiary/aromatic N) is 1. The summed E-state index contributed by atoms with van der Waals surface area (Å²) in [5, 5.41) is 9.09. The Kier molecular flexibility index (Phi) is 6.92. The van der Waals surface area contributed by atoms with Gasteiger partial charge in [0.15, 0.2) is 11.6 Å². The van der Waals surface area contributed by atoms with E-state index in [1.165, 1.54) is 0 Å². The van der Waals surface area contributed by atoms with Crippen LogP contribution >= 0.6 is 31.9 Å². The highest BCUT2D eigenvalue weighted by molar-refractivity contribution is 9.11. The van der Waals surface area contributed by atoms with Crippen LogP contribution in [0.5, 0.6) is 5.75 Å². The van der Waals surface area contributed by atoms with Crippen LogP contribution in [-0.4, -0.2) is 34.6 Å². The lowest BCUT2D eigenvalue weighted by atomic mass is 9.71. The van der Waals surface area contributed by atoms with Crippen LogP contribution in [0.2, 0.25) is 0 Å². The van der Waals surface area contributed by atoms with Crippen molar-refractivity contribution in [3.63, 3.8) is 0 Å². The minimum atomic E-state index is -0.970. The molecule has 0 saturated carbocycles. The fourth-order valence-electron chi connectivity index (χ4n) is 5.47. The molecule has 3 aliphatic rings. The Balaban J connectivity index is 1.50. The van der Waals surface area contributed by atoms with Crippen molar-refractivity contribution < 1.29 is 24.2 Å². The Hall–Kier alpha value is -2.71. The van der Waals surface area contributed by atoms with E-state index in [0.29, 0.717) is 27.5 Å². The van der Waals surface area contributed by atoms with Crippen molar-refractivity contribution in [3.05, 3.63) is 84.6 Å². The van der Waals surface area contributed by atoms with Crippen LogP contribution in [0.15, 0.2) is 67.9 Å². The zero-order chi connectivity index (χ0) is 25.6. The number of carbonyl (C=O) groups excluding carboxylic acids is 2. The number of hydrogen-bond donors (Lipinski definition) is 1. The van der Waals surface area contributed by atoms with Crippen molar-refractivity contribution in [2.24, 2.45) is 0 Å². The zero-order valence-electron chi connectivity index (χ0n) is 19.8. The predicted octanol–water partition coefficient (Wildman–Crippen LogP) is 6.53. The summed E-state index contributed by atoms with van der Waals surface area (Å²) in [7, 11) is 1.99. The summed E-state index contributed by atoms with van der Waals surface area (Å²) >= 11 is 7.28. The normalized spacial score (nSPS) is 18.4. The van der Waals surface area contributed by atoms with E-state index in [0.717, 1.165) is 59.4 Å². The molecule has 2 aromatic rings. The molecule has 0 radical (unpaired) electrons. The lowest BCUT2D eigenvalue weighted by Gasteiger charge is -2.42. The van der Waals surface area contributed by atoms with Crippen LogP contribution in [-0.2, 0) is 16.2 Å². The first-order valence-electron chi connectivity index (χ1n) is 12.0. The number of aromatic carboxylic acids is 1. The van der Waals surface area contributed by atoms with Gasteiger partial charge in [0, 0.05) is 48.3 Å². The van der Waals surface area contributed by atoms with Crippen molar-refractivity contribution in [3.8, 4) is 5.75 Å². The monoisotopic (exact) mass is 613 g/mol. The molecule has 5 rings (SSSR count). The summed E-state index contributed by atoms with van der Waals surface area (Å²) in [4.78, 5) is 39.6. The highest BCUT2D eigenvalue weighted by Crippen LogP contribution is 2.50. The maximum Gasteiger partial charge on any atom is 0.335 e. The molecule has 1 aliphatic heterocycles. The lowest BCUT2D eigenvalue weighted by Crippen LogP contribution is -2.37. The van der Waals surface area contributed by atoms with E-state index in [1.807, 2.05) is 19.2 Å². The second-order valence-corrected chi connectivity index (χ2v) is 11.1. The van der Waals surface area contributed by atoms with Gasteiger partial charge in [0.25, 0.3) is 0 Å². The van der Waals surface area contributed by atoms with E-state index in [9.17, 15) is 14.4 Å². The summed E-state index contributed by atoms with van der Waals surface area (Å²) in [6, 6.07) is 10.4. The largest absolute Gasteiger partial charge is 0.487 e. The van der Waals surface area contributed by atoms with Gasteiger partial charge in [-0.1, -0.05) is 12.1 Å². The molecule has 0 unspecified atom stereocenters.